The number of anilines is 1. The number of benzene rings is 2. The Morgan fingerprint density at radius 1 is 1.06 bits per heavy atom. The fraction of sp³-hybridized carbons (Fsp3) is 0.208. The van der Waals surface area contributed by atoms with Crippen LogP contribution < -0.4 is 4.90 Å². The molecule has 0 aliphatic heterocycles. The van der Waals surface area contributed by atoms with Gasteiger partial charge in [0.05, 0.1) is 33.1 Å². The number of amides is 1. The van der Waals surface area contributed by atoms with Gasteiger partial charge in [0.15, 0.2) is 15.0 Å². The van der Waals surface area contributed by atoms with Crippen molar-refractivity contribution in [2.24, 2.45) is 0 Å². The SMILES string of the molecule is Cc1ccc2sc(N(Cc3ccccn3)C(=O)CCS(=O)(=O)c3ccc(Cl)cc3)nc2c1C. The molecule has 0 fully saturated rings. The quantitative estimate of drug-likeness (QED) is 0.342. The molecule has 1 amide bonds. The second-order valence-electron chi connectivity index (χ2n) is 7.67. The number of carbonyl (C=O) groups excluding carboxylic acids is 1. The highest BCUT2D eigenvalue weighted by Gasteiger charge is 2.24. The van der Waals surface area contributed by atoms with Crippen LogP contribution in [0.4, 0.5) is 5.13 Å². The van der Waals surface area contributed by atoms with Gasteiger partial charge in [-0.3, -0.25) is 14.7 Å². The number of aromatic nitrogens is 2. The molecule has 2 aromatic heterocycles. The number of rotatable bonds is 7. The summed E-state index contributed by atoms with van der Waals surface area (Å²) in [5.74, 6) is -0.638. The monoisotopic (exact) mass is 499 g/mol. The van der Waals surface area contributed by atoms with Crippen molar-refractivity contribution in [1.82, 2.24) is 9.97 Å². The van der Waals surface area contributed by atoms with Gasteiger partial charge >= 0.3 is 0 Å². The van der Waals surface area contributed by atoms with Gasteiger partial charge in [0.1, 0.15) is 0 Å². The van der Waals surface area contributed by atoms with Crippen LogP contribution in [0, 0.1) is 13.8 Å². The van der Waals surface area contributed by atoms with Crippen molar-refractivity contribution in [2.75, 3.05) is 10.7 Å². The smallest absolute Gasteiger partial charge is 0.230 e. The second-order valence-corrected chi connectivity index (χ2v) is 11.2. The Morgan fingerprint density at radius 3 is 2.52 bits per heavy atom. The molecule has 170 valence electrons. The van der Waals surface area contributed by atoms with Gasteiger partial charge in [0.25, 0.3) is 0 Å². The van der Waals surface area contributed by atoms with E-state index < -0.39 is 9.84 Å². The molecule has 4 aromatic rings. The number of thiazole rings is 1. The molecule has 6 nitrogen and oxygen atoms in total. The van der Waals surface area contributed by atoms with E-state index in [-0.39, 0.29) is 29.5 Å². The van der Waals surface area contributed by atoms with Crippen LogP contribution in [0.2, 0.25) is 5.02 Å². The minimum Gasteiger partial charge on any atom is -0.282 e. The van der Waals surface area contributed by atoms with Crippen molar-refractivity contribution in [2.45, 2.75) is 31.7 Å². The maximum absolute atomic E-state index is 13.3. The molecule has 2 aromatic carbocycles. The van der Waals surface area contributed by atoms with E-state index in [0.717, 1.165) is 21.3 Å². The predicted molar refractivity (Wildman–Crippen MR) is 133 cm³/mol. The zero-order valence-electron chi connectivity index (χ0n) is 18.2. The Balaban J connectivity index is 1.62. The van der Waals surface area contributed by atoms with E-state index in [1.807, 2.05) is 38.1 Å². The number of fused-ring (bicyclic) bond motifs is 1. The zero-order valence-corrected chi connectivity index (χ0v) is 20.5. The van der Waals surface area contributed by atoms with Gasteiger partial charge in [-0.15, -0.1) is 0 Å². The Bertz CT molecular complexity index is 1400. The number of hydrogen-bond donors (Lipinski definition) is 0. The van der Waals surface area contributed by atoms with E-state index in [2.05, 4.69) is 4.98 Å². The molecule has 0 aliphatic carbocycles. The lowest BCUT2D eigenvalue weighted by atomic mass is 10.1. The molecule has 2 heterocycles. The molecular weight excluding hydrogens is 478 g/mol. The number of sulfone groups is 1. The highest BCUT2D eigenvalue weighted by atomic mass is 35.5. The number of aryl methyl sites for hydroxylation is 2. The standard InChI is InChI=1S/C24H22ClN3O3S2/c1-16-6-11-21-23(17(16)2)27-24(32-21)28(15-19-5-3-4-13-26-19)22(29)12-14-33(30,31)20-9-7-18(25)8-10-20/h3-11,13H,12,14-15H2,1-2H3. The van der Waals surface area contributed by atoms with Crippen molar-refractivity contribution in [3.8, 4) is 0 Å². The number of nitrogens with zero attached hydrogens (tertiary/aromatic N) is 3. The van der Waals surface area contributed by atoms with E-state index in [9.17, 15) is 13.2 Å². The lowest BCUT2D eigenvalue weighted by Crippen LogP contribution is -2.32. The Morgan fingerprint density at radius 2 is 1.82 bits per heavy atom. The van der Waals surface area contributed by atoms with Crippen molar-refractivity contribution in [3.63, 3.8) is 0 Å². The van der Waals surface area contributed by atoms with Gasteiger partial charge in [0, 0.05) is 17.6 Å². The first-order valence-corrected chi connectivity index (χ1v) is 13.1. The fourth-order valence-electron chi connectivity index (χ4n) is 3.36. The average molecular weight is 500 g/mol. The van der Waals surface area contributed by atoms with Gasteiger partial charge in [0.2, 0.25) is 5.91 Å². The molecule has 0 unspecified atom stereocenters. The topological polar surface area (TPSA) is 80.2 Å². The van der Waals surface area contributed by atoms with Crippen LogP contribution in [0.15, 0.2) is 65.7 Å². The molecule has 0 N–H and O–H groups in total. The number of hydrogen-bond acceptors (Lipinski definition) is 6. The summed E-state index contributed by atoms with van der Waals surface area (Å²) in [7, 11) is -3.64. The van der Waals surface area contributed by atoms with Crippen molar-refractivity contribution in [3.05, 3.63) is 82.6 Å². The summed E-state index contributed by atoms with van der Waals surface area (Å²) in [6, 6.07) is 15.5. The largest absolute Gasteiger partial charge is 0.282 e. The molecule has 0 spiro atoms. The number of halogens is 1. The van der Waals surface area contributed by atoms with Crippen LogP contribution in [0.1, 0.15) is 23.2 Å². The maximum Gasteiger partial charge on any atom is 0.230 e. The average Bonchev–Trinajstić information content (AvgIpc) is 3.24. The van der Waals surface area contributed by atoms with Gasteiger partial charge in [-0.05, 0) is 67.4 Å². The third-order valence-electron chi connectivity index (χ3n) is 5.41. The van der Waals surface area contributed by atoms with Crippen LogP contribution in [-0.2, 0) is 21.2 Å². The molecule has 9 heteroatoms. The summed E-state index contributed by atoms with van der Waals surface area (Å²) in [5, 5.41) is 0.978. The van der Waals surface area contributed by atoms with Crippen molar-refractivity contribution < 1.29 is 13.2 Å². The first-order chi connectivity index (χ1) is 15.7. The maximum atomic E-state index is 13.3. The van der Waals surface area contributed by atoms with Gasteiger partial charge in [-0.25, -0.2) is 13.4 Å². The summed E-state index contributed by atoms with van der Waals surface area (Å²) in [6.45, 7) is 4.23. The summed E-state index contributed by atoms with van der Waals surface area (Å²) in [6.07, 6.45) is 1.49. The molecule has 0 bridgehead atoms. The molecule has 0 aliphatic rings. The van der Waals surface area contributed by atoms with Gasteiger partial charge in [-0.2, -0.15) is 0 Å². The Labute approximate surface area is 201 Å². The molecular formula is C24H22ClN3O3S2. The van der Waals surface area contributed by atoms with E-state index in [1.165, 1.54) is 40.5 Å². The molecule has 0 atom stereocenters. The third kappa shape index (κ3) is 5.24. The molecule has 0 saturated carbocycles. The molecule has 33 heavy (non-hydrogen) atoms. The van der Waals surface area contributed by atoms with Crippen LogP contribution in [-0.4, -0.2) is 30.0 Å². The summed E-state index contributed by atoms with van der Waals surface area (Å²) in [4.78, 5) is 24.0. The van der Waals surface area contributed by atoms with E-state index >= 15 is 0 Å². The molecule has 0 radical (unpaired) electrons. The number of pyridine rings is 1. The molecule has 4 rings (SSSR count). The minimum atomic E-state index is -3.64. The molecule has 0 saturated heterocycles. The fourth-order valence-corrected chi connectivity index (χ4v) is 5.76. The summed E-state index contributed by atoms with van der Waals surface area (Å²) >= 11 is 7.27. The minimum absolute atomic E-state index is 0.141. The normalized spacial score (nSPS) is 11.6. The van der Waals surface area contributed by atoms with Crippen LogP contribution in [0.3, 0.4) is 0 Å². The van der Waals surface area contributed by atoms with Crippen molar-refractivity contribution in [1.29, 1.82) is 0 Å². The Kier molecular flexibility index (Phi) is 6.78. The van der Waals surface area contributed by atoms with Crippen LogP contribution in [0.5, 0.6) is 0 Å². The second kappa shape index (κ2) is 9.59. The van der Waals surface area contributed by atoms with Crippen LogP contribution >= 0.6 is 22.9 Å². The zero-order chi connectivity index (χ0) is 23.6. The first kappa shape index (κ1) is 23.4. The summed E-state index contributed by atoms with van der Waals surface area (Å²) < 4.78 is 26.5. The van der Waals surface area contributed by atoms with Gasteiger partial charge in [-0.1, -0.05) is 35.1 Å². The highest BCUT2D eigenvalue weighted by Crippen LogP contribution is 2.33. The van der Waals surface area contributed by atoms with E-state index in [0.29, 0.717) is 15.8 Å². The van der Waals surface area contributed by atoms with Crippen molar-refractivity contribution >= 4 is 54.0 Å². The lowest BCUT2D eigenvalue weighted by Gasteiger charge is -2.19. The Hall–Kier alpha value is -2.81. The lowest BCUT2D eigenvalue weighted by molar-refractivity contribution is -0.118. The van der Waals surface area contributed by atoms with E-state index in [1.54, 1.807) is 12.3 Å². The van der Waals surface area contributed by atoms with E-state index in [4.69, 9.17) is 16.6 Å². The van der Waals surface area contributed by atoms with Gasteiger partial charge < -0.3 is 0 Å². The number of carbonyl (C=O) groups is 1. The predicted octanol–water partition coefficient (Wildman–Crippen LogP) is 5.36. The van der Waals surface area contributed by atoms with Crippen LogP contribution in [0.25, 0.3) is 10.2 Å². The highest BCUT2D eigenvalue weighted by molar-refractivity contribution is 7.91. The first-order valence-electron chi connectivity index (χ1n) is 10.3. The summed E-state index contributed by atoms with van der Waals surface area (Å²) in [5.41, 5.74) is 3.72. The third-order valence-corrected chi connectivity index (χ3v) is 8.44.